The molecule has 4 heterocycles. The normalized spacial score (nSPS) is 19.0. The van der Waals surface area contributed by atoms with Crippen LogP contribution in [0.15, 0.2) is 170 Å². The molecular formula is C108H134F4N8O18. The van der Waals surface area contributed by atoms with E-state index in [1.807, 2.05) is 88.4 Å². The Balaban J connectivity index is 0.000000195. The molecule has 0 aromatic heterocycles. The van der Waals surface area contributed by atoms with Crippen LogP contribution in [0.2, 0.25) is 0 Å². The maximum Gasteiger partial charge on any atom is 0.412 e. The summed E-state index contributed by atoms with van der Waals surface area (Å²) in [5.74, 6) is -7.35. The number of carboxylic acid groups (broad SMARTS) is 1. The minimum absolute atomic E-state index is 0.00483. The van der Waals surface area contributed by atoms with Gasteiger partial charge in [-0.25, -0.2) is 31.9 Å². The number of piperidine rings is 4. The van der Waals surface area contributed by atoms with Crippen molar-refractivity contribution in [3.8, 4) is 0 Å². The Morgan fingerprint density at radius 3 is 0.993 bits per heavy atom. The van der Waals surface area contributed by atoms with Crippen molar-refractivity contribution in [2.75, 3.05) is 74.3 Å². The van der Waals surface area contributed by atoms with Crippen molar-refractivity contribution in [3.05, 3.63) is 260 Å². The van der Waals surface area contributed by atoms with E-state index in [-0.39, 0.29) is 77.8 Å². The molecule has 8 aromatic carbocycles. The van der Waals surface area contributed by atoms with Gasteiger partial charge in [-0.05, 0) is 298 Å². The number of rotatable bonds is 20. The zero-order chi connectivity index (χ0) is 101. The highest BCUT2D eigenvalue weighted by Gasteiger charge is 2.46. The quantitative estimate of drug-likeness (QED) is 0.0179. The molecule has 8 atom stereocenters. The van der Waals surface area contributed by atoms with E-state index < -0.39 is 106 Å². The van der Waals surface area contributed by atoms with Crippen LogP contribution < -0.4 is 27.0 Å². The van der Waals surface area contributed by atoms with Crippen LogP contribution in [-0.2, 0) is 52.4 Å². The molecule has 742 valence electrons. The molecule has 26 nitrogen and oxygen atoms in total. The first kappa shape index (κ1) is 109. The Morgan fingerprint density at radius 1 is 0.391 bits per heavy atom. The van der Waals surface area contributed by atoms with Crippen LogP contribution in [0.25, 0.3) is 0 Å². The molecule has 0 unspecified atom stereocenters. The fraction of sp³-hybridized carbons (Fsp3) is 0.454. The lowest BCUT2D eigenvalue weighted by atomic mass is 9.84. The molecule has 6 aliphatic rings. The second-order valence-electron chi connectivity index (χ2n) is 37.0. The molecule has 4 saturated heterocycles. The Morgan fingerprint density at radius 2 is 0.696 bits per heavy atom. The summed E-state index contributed by atoms with van der Waals surface area (Å²) in [6.45, 7) is 27.9. The number of carbonyl (C=O) groups is 11. The number of benzene rings is 8. The number of halogens is 4. The van der Waals surface area contributed by atoms with E-state index in [0.717, 1.165) is 73.5 Å². The van der Waals surface area contributed by atoms with Crippen molar-refractivity contribution < 1.29 is 104 Å². The molecule has 30 heteroatoms. The smallest absolute Gasteiger partial charge is 0.412 e. The van der Waals surface area contributed by atoms with Crippen molar-refractivity contribution >= 4 is 88.3 Å². The summed E-state index contributed by atoms with van der Waals surface area (Å²) in [4.78, 5) is 140. The Labute approximate surface area is 806 Å². The van der Waals surface area contributed by atoms with Gasteiger partial charge in [-0.1, -0.05) is 110 Å². The summed E-state index contributed by atoms with van der Waals surface area (Å²) in [5, 5.41) is 20.9. The first-order chi connectivity index (χ1) is 65.8. The van der Waals surface area contributed by atoms with E-state index in [1.54, 1.807) is 163 Å². The van der Waals surface area contributed by atoms with E-state index in [2.05, 4.69) is 21.3 Å². The topological polar surface area (TPSA) is 347 Å². The fourth-order valence-corrected chi connectivity index (χ4v) is 18.1. The van der Waals surface area contributed by atoms with Crippen LogP contribution in [0.1, 0.15) is 282 Å². The molecule has 0 radical (unpaired) electrons. The van der Waals surface area contributed by atoms with Gasteiger partial charge in [0.15, 0.2) is 0 Å². The molecule has 138 heavy (non-hydrogen) atoms. The molecular weight excluding hydrogens is 1770 g/mol. The van der Waals surface area contributed by atoms with E-state index in [0.29, 0.717) is 121 Å². The van der Waals surface area contributed by atoms with Crippen LogP contribution in [0.5, 0.6) is 0 Å². The molecule has 8 aromatic rings. The van der Waals surface area contributed by atoms with Crippen LogP contribution in [0, 0.1) is 74.6 Å². The van der Waals surface area contributed by atoms with Crippen molar-refractivity contribution in [3.63, 3.8) is 0 Å². The molecule has 5 amide bonds. The van der Waals surface area contributed by atoms with Gasteiger partial charge in [0.25, 0.3) is 17.7 Å². The first-order valence-corrected chi connectivity index (χ1v) is 47.8. The standard InChI is InChI=1S/C27H33FN2O5.C27H33FN2O3.C22H25FN2O3.C19H28N2O4.C8H7FO2.C5H8O/c1-6-34-25(32)20-10-8-16-30(24(31)22-17(2)9-7-11-21(22)28)23(20)18-12-14-19(15-13-18)29-26(33)35-27(3,4)5;1-3-33-27(32)22-11-7-17-30(26(31)24-18(2)8-6-12-23(24)28)25(22)19-13-15-21(16-14-19)29-20-9-4-5-10-20;1-3-28-22(27)17-7-5-13-25(20(17)15-9-11-16(24)12-10-15)21(26)19-14(2)6-4-8-18(19)23;1-5-24-17(22)15-7-6-12-20-16(15)13-8-10-14(11-9-13)21-18(23)25-19(2,3)4;1-5-3-2-4-6(9)7(5)8(10)11;6-5-3-1-2-4-5/h7,9,11-15,20,23H,6,8,10,16H2,1-5H3,(H,29,33);6,8,12-16,20,22,25,29H,3-5,7,9-11,17H2,1-2H3;4,6,8-12,17,20H,3,5,7,13,24H2,1-2H3;8-11,15-16,20H,5-7,12H2,1-4H3,(H,21,23);2-4H,1H3,(H,10,11);1-4H2/t20-,23-;22-,25-;17-,20-;15-,16-;;/m0000../s1. The highest BCUT2D eigenvalue weighted by molar-refractivity contribution is 5.99. The van der Waals surface area contributed by atoms with Crippen LogP contribution >= 0.6 is 0 Å². The highest BCUT2D eigenvalue weighted by Crippen LogP contribution is 2.44. The number of aryl methyl sites for hydroxylation is 4. The minimum atomic E-state index is -1.22. The number of nitrogen functional groups attached to an aromatic ring is 1. The molecule has 6 fully saturated rings. The number of carbonyl (C=O) groups excluding carboxylic acids is 10. The number of Topliss-reactive ketones (excluding diaryl/α,β-unsaturated/α-hetero) is 1. The number of hydrogen-bond donors (Lipinski definition) is 6. The number of ketones is 1. The zero-order valence-electron chi connectivity index (χ0n) is 81.7. The monoisotopic (exact) mass is 1910 g/mol. The number of anilines is 4. The zero-order valence-corrected chi connectivity index (χ0v) is 81.7. The van der Waals surface area contributed by atoms with Crippen molar-refractivity contribution in [1.82, 2.24) is 20.0 Å². The summed E-state index contributed by atoms with van der Waals surface area (Å²) in [7, 11) is 0. The number of amides is 5. The summed E-state index contributed by atoms with van der Waals surface area (Å²) in [5.41, 5.74) is 12.8. The van der Waals surface area contributed by atoms with Gasteiger partial charge in [-0.2, -0.15) is 0 Å². The Kier molecular flexibility index (Phi) is 40.9. The van der Waals surface area contributed by atoms with E-state index in [1.165, 1.54) is 49.9 Å². The van der Waals surface area contributed by atoms with Gasteiger partial charge in [-0.3, -0.25) is 49.0 Å². The summed E-state index contributed by atoms with van der Waals surface area (Å²) < 4.78 is 88.2. The Hall–Kier alpha value is -13.0. The van der Waals surface area contributed by atoms with Crippen molar-refractivity contribution in [2.24, 2.45) is 23.7 Å². The number of aromatic carboxylic acids is 1. The fourth-order valence-electron chi connectivity index (χ4n) is 18.1. The average Bonchev–Trinajstić information content (AvgIpc) is 0.825. The predicted octanol–water partition coefficient (Wildman–Crippen LogP) is 21.8. The van der Waals surface area contributed by atoms with E-state index in [9.17, 15) is 70.3 Å². The first-order valence-electron chi connectivity index (χ1n) is 47.8. The average molecular weight is 1910 g/mol. The second kappa shape index (κ2) is 52.0. The molecule has 7 N–H and O–H groups in total. The minimum Gasteiger partial charge on any atom is -0.478 e. The molecule has 0 bridgehead atoms. The molecule has 0 spiro atoms. The summed E-state index contributed by atoms with van der Waals surface area (Å²) in [6, 6.07) is 46.1. The SMILES string of the molecule is CCOC(=O)[C@H]1CCCN(C(=O)c2c(C)cccc2F)[C@H]1c1ccc(N)cc1.CCOC(=O)[C@H]1CCCN(C(=O)c2c(C)cccc2F)[C@H]1c1ccc(NC(=O)OC(C)(C)C)cc1.CCOC(=O)[C@H]1CCCN(C(=O)c2c(C)cccc2F)[C@H]1c1ccc(NC2CCCC2)cc1.CCOC(=O)[C@H]1CCCN[C@H]1c1ccc(NC(=O)OC(C)(C)C)cc1.Cc1cccc(F)c1C(=O)O.O=C1CCCC1. The number of ether oxygens (including phenoxy) is 6. The van der Waals surface area contributed by atoms with Gasteiger partial charge in [0.2, 0.25) is 0 Å². The van der Waals surface area contributed by atoms with Crippen LogP contribution in [0.4, 0.5) is 49.9 Å². The van der Waals surface area contributed by atoms with Gasteiger partial charge < -0.3 is 64.6 Å². The number of carboxylic acids is 1. The molecule has 2 aliphatic carbocycles. The summed E-state index contributed by atoms with van der Waals surface area (Å²) >= 11 is 0. The molecule has 2 saturated carbocycles. The van der Waals surface area contributed by atoms with Gasteiger partial charge in [-0.15, -0.1) is 0 Å². The second-order valence-corrected chi connectivity index (χ2v) is 37.0. The largest absolute Gasteiger partial charge is 0.478 e. The third kappa shape index (κ3) is 30.8. The van der Waals surface area contributed by atoms with Crippen molar-refractivity contribution in [2.45, 2.75) is 241 Å². The number of nitrogens with zero attached hydrogens (tertiary/aromatic N) is 3. The third-order valence-corrected chi connectivity index (χ3v) is 24.5. The lowest BCUT2D eigenvalue weighted by Gasteiger charge is -2.41. The number of nitrogens with one attached hydrogen (secondary N) is 4. The molecule has 14 rings (SSSR count). The lowest BCUT2D eigenvalue weighted by molar-refractivity contribution is -0.152. The molecule has 4 aliphatic heterocycles. The lowest BCUT2D eigenvalue weighted by Crippen LogP contribution is -2.46. The number of hydrogen-bond acceptors (Lipinski definition) is 20. The van der Waals surface area contributed by atoms with Crippen molar-refractivity contribution in [1.29, 1.82) is 0 Å². The Bertz CT molecular complexity index is 5380. The van der Waals surface area contributed by atoms with Gasteiger partial charge in [0, 0.05) is 67.3 Å². The highest BCUT2D eigenvalue weighted by atomic mass is 19.1. The van der Waals surface area contributed by atoms with Crippen LogP contribution in [0.3, 0.4) is 0 Å². The number of likely N-dealkylation sites (tertiary alicyclic amines) is 3. The predicted molar refractivity (Wildman–Crippen MR) is 520 cm³/mol. The van der Waals surface area contributed by atoms with Gasteiger partial charge in [0.1, 0.15) is 40.3 Å². The maximum atomic E-state index is 14.7. The summed E-state index contributed by atoms with van der Waals surface area (Å²) in [6.07, 6.45) is 13.2. The van der Waals surface area contributed by atoms with Gasteiger partial charge in [0.05, 0.1) is 90.5 Å². The maximum absolute atomic E-state index is 14.7. The van der Waals surface area contributed by atoms with Crippen LogP contribution in [-0.4, -0.2) is 155 Å². The number of nitrogens with two attached hydrogens (primary N) is 1. The number of esters is 4. The third-order valence-electron chi connectivity index (χ3n) is 24.5. The van der Waals surface area contributed by atoms with E-state index in [4.69, 9.17) is 39.3 Å². The van der Waals surface area contributed by atoms with Gasteiger partial charge >= 0.3 is 42.0 Å². The van der Waals surface area contributed by atoms with E-state index >= 15 is 0 Å².